The van der Waals surface area contributed by atoms with Gasteiger partial charge < -0.3 is 19.5 Å². The average Bonchev–Trinajstić information content (AvgIpc) is 3.05. The number of benzene rings is 1. The zero-order chi connectivity index (χ0) is 11.5. The van der Waals surface area contributed by atoms with Crippen molar-refractivity contribution in [3.8, 4) is 17.2 Å². The van der Waals surface area contributed by atoms with E-state index in [2.05, 4.69) is 5.32 Å². The minimum Gasteiger partial charge on any atom is -0.493 e. The maximum Gasteiger partial charge on any atom is 0.231 e. The lowest BCUT2D eigenvalue weighted by molar-refractivity contribution is 0.173. The highest BCUT2D eigenvalue weighted by Gasteiger charge is 2.19. The van der Waals surface area contributed by atoms with Gasteiger partial charge in [-0.3, -0.25) is 0 Å². The summed E-state index contributed by atoms with van der Waals surface area (Å²) in [4.78, 5) is 0. The summed E-state index contributed by atoms with van der Waals surface area (Å²) in [5, 5.41) is 3.46. The Hall–Kier alpha value is -1.42. The van der Waals surface area contributed by atoms with Gasteiger partial charge in [0.2, 0.25) is 6.79 Å². The van der Waals surface area contributed by atoms with Gasteiger partial charge in [0.1, 0.15) is 5.75 Å². The zero-order valence-corrected chi connectivity index (χ0v) is 9.78. The Labute approximate surface area is 101 Å². The minimum atomic E-state index is 0.310. The van der Waals surface area contributed by atoms with Gasteiger partial charge in [-0.25, -0.2) is 0 Å². The van der Waals surface area contributed by atoms with E-state index >= 15 is 0 Å². The van der Waals surface area contributed by atoms with Gasteiger partial charge in [-0.1, -0.05) is 0 Å². The van der Waals surface area contributed by atoms with Gasteiger partial charge in [-0.2, -0.15) is 0 Å². The standard InChI is InChI=1S/C13H17NO3/c1(6-14-10-2-3-10)7-15-11-4-5-12-13(8-11)17-9-16-12/h4-5,8,10,14H,1-3,6-7,9H2. The maximum atomic E-state index is 5.66. The second kappa shape index (κ2) is 4.84. The van der Waals surface area contributed by atoms with E-state index in [0.29, 0.717) is 6.79 Å². The smallest absolute Gasteiger partial charge is 0.231 e. The van der Waals surface area contributed by atoms with Crippen molar-refractivity contribution in [1.29, 1.82) is 0 Å². The first kappa shape index (κ1) is 10.7. The summed E-state index contributed by atoms with van der Waals surface area (Å²) in [7, 11) is 0. The number of nitrogens with one attached hydrogen (secondary N) is 1. The number of rotatable bonds is 6. The van der Waals surface area contributed by atoms with Crippen molar-refractivity contribution < 1.29 is 14.2 Å². The van der Waals surface area contributed by atoms with Crippen LogP contribution in [0.2, 0.25) is 0 Å². The molecular formula is C13H17NO3. The molecule has 1 fully saturated rings. The highest BCUT2D eigenvalue weighted by molar-refractivity contribution is 5.46. The lowest BCUT2D eigenvalue weighted by Gasteiger charge is -2.07. The van der Waals surface area contributed by atoms with Crippen molar-refractivity contribution in [2.75, 3.05) is 19.9 Å². The first-order valence-electron chi connectivity index (χ1n) is 6.18. The van der Waals surface area contributed by atoms with Crippen molar-refractivity contribution in [1.82, 2.24) is 5.32 Å². The fourth-order valence-electron chi connectivity index (χ4n) is 1.82. The zero-order valence-electron chi connectivity index (χ0n) is 9.78. The van der Waals surface area contributed by atoms with Gasteiger partial charge >= 0.3 is 0 Å². The van der Waals surface area contributed by atoms with Crippen LogP contribution in [0.3, 0.4) is 0 Å². The van der Waals surface area contributed by atoms with Crippen molar-refractivity contribution >= 4 is 0 Å². The molecule has 2 aliphatic rings. The third kappa shape index (κ3) is 2.82. The molecule has 1 saturated carbocycles. The Morgan fingerprint density at radius 3 is 3.00 bits per heavy atom. The molecule has 0 atom stereocenters. The maximum absolute atomic E-state index is 5.66. The van der Waals surface area contributed by atoms with Gasteiger partial charge in [0.25, 0.3) is 0 Å². The topological polar surface area (TPSA) is 39.7 Å². The molecule has 4 heteroatoms. The van der Waals surface area contributed by atoms with Crippen molar-refractivity contribution in [3.63, 3.8) is 0 Å². The van der Waals surface area contributed by atoms with Crippen LogP contribution in [0.15, 0.2) is 18.2 Å². The molecule has 1 aromatic carbocycles. The molecule has 1 aliphatic heterocycles. The minimum absolute atomic E-state index is 0.310. The van der Waals surface area contributed by atoms with E-state index in [4.69, 9.17) is 14.2 Å². The van der Waals surface area contributed by atoms with Crippen LogP contribution in [-0.2, 0) is 0 Å². The fraction of sp³-hybridized carbons (Fsp3) is 0.538. The van der Waals surface area contributed by atoms with Gasteiger partial charge in [0, 0.05) is 12.1 Å². The second-order valence-corrected chi connectivity index (χ2v) is 4.45. The van der Waals surface area contributed by atoms with E-state index in [1.54, 1.807) is 0 Å². The van der Waals surface area contributed by atoms with Gasteiger partial charge in [-0.15, -0.1) is 0 Å². The first-order chi connectivity index (χ1) is 8.42. The summed E-state index contributed by atoms with van der Waals surface area (Å²) in [5.41, 5.74) is 0. The molecule has 0 unspecified atom stereocenters. The SMILES string of the molecule is c1cc2c(cc1OCCCNC1CC1)OCO2. The van der Waals surface area contributed by atoms with E-state index in [1.165, 1.54) is 12.8 Å². The Bertz CT molecular complexity index is 390. The van der Waals surface area contributed by atoms with Gasteiger partial charge in [0.05, 0.1) is 6.61 Å². The number of fused-ring (bicyclic) bond motifs is 1. The molecule has 1 heterocycles. The largest absolute Gasteiger partial charge is 0.493 e. The second-order valence-electron chi connectivity index (χ2n) is 4.45. The van der Waals surface area contributed by atoms with Crippen molar-refractivity contribution in [3.05, 3.63) is 18.2 Å². The Morgan fingerprint density at radius 2 is 2.12 bits per heavy atom. The third-order valence-corrected chi connectivity index (χ3v) is 2.94. The number of ether oxygens (including phenoxy) is 3. The van der Waals surface area contributed by atoms with Gasteiger partial charge in [0.15, 0.2) is 11.5 Å². The van der Waals surface area contributed by atoms with Crippen LogP contribution in [0.1, 0.15) is 19.3 Å². The van der Waals surface area contributed by atoms with Crippen LogP contribution in [0.25, 0.3) is 0 Å². The van der Waals surface area contributed by atoms with Crippen molar-refractivity contribution in [2.24, 2.45) is 0 Å². The van der Waals surface area contributed by atoms with Crippen LogP contribution in [0.5, 0.6) is 17.2 Å². The summed E-state index contributed by atoms with van der Waals surface area (Å²) < 4.78 is 16.2. The molecule has 0 aromatic heterocycles. The van der Waals surface area contributed by atoms with Crippen LogP contribution < -0.4 is 19.5 Å². The van der Waals surface area contributed by atoms with E-state index in [1.807, 2.05) is 18.2 Å². The molecule has 0 radical (unpaired) electrons. The average molecular weight is 235 g/mol. The molecule has 1 aliphatic carbocycles. The molecule has 17 heavy (non-hydrogen) atoms. The molecular weight excluding hydrogens is 218 g/mol. The predicted molar refractivity (Wildman–Crippen MR) is 63.7 cm³/mol. The monoisotopic (exact) mass is 235 g/mol. The van der Waals surface area contributed by atoms with Crippen LogP contribution >= 0.6 is 0 Å². The van der Waals surface area contributed by atoms with E-state index < -0.39 is 0 Å². The molecule has 92 valence electrons. The molecule has 0 amide bonds. The van der Waals surface area contributed by atoms with Gasteiger partial charge in [-0.05, 0) is 37.9 Å². The Morgan fingerprint density at radius 1 is 1.24 bits per heavy atom. The third-order valence-electron chi connectivity index (χ3n) is 2.94. The molecule has 3 rings (SSSR count). The molecule has 0 spiro atoms. The number of hydrogen-bond acceptors (Lipinski definition) is 4. The van der Waals surface area contributed by atoms with Crippen LogP contribution in [0, 0.1) is 0 Å². The molecule has 4 nitrogen and oxygen atoms in total. The van der Waals surface area contributed by atoms with Crippen LogP contribution in [-0.4, -0.2) is 26.0 Å². The highest BCUT2D eigenvalue weighted by Crippen LogP contribution is 2.35. The number of hydrogen-bond donors (Lipinski definition) is 1. The lowest BCUT2D eigenvalue weighted by Crippen LogP contribution is -2.19. The molecule has 1 aromatic rings. The first-order valence-corrected chi connectivity index (χ1v) is 6.18. The summed E-state index contributed by atoms with van der Waals surface area (Å²) in [6.45, 7) is 2.08. The fourth-order valence-corrected chi connectivity index (χ4v) is 1.82. The Balaban J connectivity index is 1.41. The summed E-state index contributed by atoms with van der Waals surface area (Å²) in [6, 6.07) is 6.47. The summed E-state index contributed by atoms with van der Waals surface area (Å²) in [6.07, 6.45) is 3.71. The molecule has 1 N–H and O–H groups in total. The predicted octanol–water partition coefficient (Wildman–Crippen LogP) is 1.94. The normalized spacial score (nSPS) is 17.2. The highest BCUT2D eigenvalue weighted by atomic mass is 16.7. The van der Waals surface area contributed by atoms with Crippen LogP contribution in [0.4, 0.5) is 0 Å². The quantitative estimate of drug-likeness (QED) is 0.765. The van der Waals surface area contributed by atoms with Crippen molar-refractivity contribution in [2.45, 2.75) is 25.3 Å². The molecule has 0 saturated heterocycles. The molecule has 0 bridgehead atoms. The lowest BCUT2D eigenvalue weighted by atomic mass is 10.3. The Kier molecular flexibility index (Phi) is 3.05. The van der Waals surface area contributed by atoms with E-state index in [9.17, 15) is 0 Å². The van der Waals surface area contributed by atoms with E-state index in [0.717, 1.165) is 42.9 Å². The summed E-state index contributed by atoms with van der Waals surface area (Å²) >= 11 is 0. The summed E-state index contributed by atoms with van der Waals surface area (Å²) in [5.74, 6) is 2.42. The van der Waals surface area contributed by atoms with E-state index in [-0.39, 0.29) is 0 Å².